The SMILES string of the molecule is CN(C)CCCNC(=O)[C@@H]1c2ccccc2C(=O)N(CC23CC4CC(CC(C4)C2)C3)[C@H]1c1ccc(CO)cc1.C[C@]1(C(=O)CCCN2CCCCC2)c2ccccc2C(=O)N(Cc2cc(F)cc(C(F)(F)F)c2)C1c1ccc(CO)cc1. The van der Waals surface area contributed by atoms with E-state index in [0.29, 0.717) is 46.8 Å². The predicted octanol–water partition coefficient (Wildman–Crippen LogP) is 11.6. The number of benzene rings is 5. The molecule has 12 rings (SSSR count). The quantitative estimate of drug-likeness (QED) is 0.0584. The molecule has 82 heavy (non-hydrogen) atoms. The van der Waals surface area contributed by atoms with Crippen molar-refractivity contribution in [2.24, 2.45) is 23.2 Å². The third kappa shape index (κ3) is 12.5. The number of halogens is 4. The lowest BCUT2D eigenvalue weighted by Gasteiger charge is -2.59. The van der Waals surface area contributed by atoms with Crippen LogP contribution >= 0.6 is 0 Å². The largest absolute Gasteiger partial charge is 0.416 e. The van der Waals surface area contributed by atoms with Crippen molar-refractivity contribution in [3.05, 3.63) is 177 Å². The Labute approximate surface area is 480 Å². The highest BCUT2D eigenvalue weighted by Gasteiger charge is 2.55. The van der Waals surface area contributed by atoms with Gasteiger partial charge >= 0.3 is 6.18 Å². The van der Waals surface area contributed by atoms with Crippen LogP contribution < -0.4 is 5.32 Å². The maximum absolute atomic E-state index is 14.4. The number of fused-ring (bicyclic) bond motifs is 2. The van der Waals surface area contributed by atoms with Crippen LogP contribution in [-0.4, -0.2) is 107 Å². The van der Waals surface area contributed by atoms with Crippen molar-refractivity contribution >= 4 is 23.5 Å². The summed E-state index contributed by atoms with van der Waals surface area (Å²) in [7, 11) is 4.08. The lowest BCUT2D eigenvalue weighted by molar-refractivity contribution is -0.137. The maximum Gasteiger partial charge on any atom is 0.416 e. The molecule has 3 amide bonds. The van der Waals surface area contributed by atoms with Crippen LogP contribution in [0.3, 0.4) is 0 Å². The van der Waals surface area contributed by atoms with Gasteiger partial charge in [0.2, 0.25) is 5.91 Å². The van der Waals surface area contributed by atoms with E-state index in [-0.39, 0.29) is 60.8 Å². The van der Waals surface area contributed by atoms with Gasteiger partial charge < -0.3 is 35.1 Å². The zero-order chi connectivity index (χ0) is 57.9. The number of aliphatic hydroxyl groups excluding tert-OH is 2. The summed E-state index contributed by atoms with van der Waals surface area (Å²) in [6.07, 6.45) is 8.20. The molecule has 5 fully saturated rings. The Morgan fingerprint density at radius 2 is 1.29 bits per heavy atom. The number of aliphatic hydroxyl groups is 2. The van der Waals surface area contributed by atoms with Gasteiger partial charge in [0.15, 0.2) is 0 Å². The van der Waals surface area contributed by atoms with E-state index in [1.807, 2.05) is 62.6 Å². The maximum atomic E-state index is 14.4. The van der Waals surface area contributed by atoms with Crippen LogP contribution in [0.4, 0.5) is 17.6 Å². The molecule has 5 aromatic rings. The van der Waals surface area contributed by atoms with Crippen LogP contribution in [0.25, 0.3) is 0 Å². The molecule has 4 bridgehead atoms. The molecule has 1 unspecified atom stereocenters. The Hall–Kier alpha value is -6.26. The number of piperidine rings is 1. The summed E-state index contributed by atoms with van der Waals surface area (Å²) in [5.74, 6) is 0.339. The van der Waals surface area contributed by atoms with Gasteiger partial charge in [-0.1, -0.05) is 91.3 Å². The summed E-state index contributed by atoms with van der Waals surface area (Å²) in [6.45, 7) is 6.26. The minimum Gasteiger partial charge on any atom is -0.392 e. The molecule has 0 aromatic heterocycles. The van der Waals surface area contributed by atoms with Crippen molar-refractivity contribution in [3.63, 3.8) is 0 Å². The molecule has 3 heterocycles. The van der Waals surface area contributed by atoms with Gasteiger partial charge in [-0.2, -0.15) is 13.2 Å². The highest BCUT2D eigenvalue weighted by molar-refractivity contribution is 6.04. The van der Waals surface area contributed by atoms with Crippen molar-refractivity contribution < 1.29 is 47.0 Å². The second kappa shape index (κ2) is 24.9. The van der Waals surface area contributed by atoms with E-state index in [1.165, 1.54) is 49.8 Å². The summed E-state index contributed by atoms with van der Waals surface area (Å²) >= 11 is 0. The monoisotopic (exact) mass is 1130 g/mol. The molecule has 4 aliphatic carbocycles. The van der Waals surface area contributed by atoms with Gasteiger partial charge in [0.05, 0.1) is 42.2 Å². The van der Waals surface area contributed by atoms with Gasteiger partial charge in [-0.15, -0.1) is 0 Å². The van der Waals surface area contributed by atoms with E-state index in [2.05, 4.69) is 20.0 Å². The van der Waals surface area contributed by atoms with E-state index >= 15 is 0 Å². The first-order valence-electron chi connectivity index (χ1n) is 29.6. The number of nitrogens with one attached hydrogen (secondary N) is 1. The number of amides is 3. The van der Waals surface area contributed by atoms with Gasteiger partial charge in [0, 0.05) is 37.2 Å². The van der Waals surface area contributed by atoms with Crippen molar-refractivity contribution in [1.82, 2.24) is 24.9 Å². The van der Waals surface area contributed by atoms with E-state index in [1.54, 1.807) is 55.5 Å². The molecule has 4 saturated carbocycles. The molecule has 15 heteroatoms. The van der Waals surface area contributed by atoms with E-state index < -0.39 is 40.8 Å². The number of alkyl halides is 3. The fraction of sp³-hybridized carbons (Fsp3) is 0.493. The summed E-state index contributed by atoms with van der Waals surface area (Å²) in [4.78, 5) is 64.7. The van der Waals surface area contributed by atoms with Gasteiger partial charge in [0.25, 0.3) is 11.8 Å². The first-order chi connectivity index (χ1) is 39.4. The smallest absolute Gasteiger partial charge is 0.392 e. The number of Topliss-reactive ketones (excluding diaryl/α,β-unsaturated/α-hetero) is 1. The van der Waals surface area contributed by atoms with E-state index in [9.17, 15) is 47.0 Å². The van der Waals surface area contributed by atoms with E-state index in [0.717, 1.165) is 98.6 Å². The minimum absolute atomic E-state index is 0.0135. The third-order valence-corrected chi connectivity index (χ3v) is 18.8. The highest BCUT2D eigenvalue weighted by Crippen LogP contribution is 2.61. The van der Waals surface area contributed by atoms with Gasteiger partial charge in [0.1, 0.15) is 11.6 Å². The molecular formula is C67H79F4N5O6. The third-order valence-electron chi connectivity index (χ3n) is 18.8. The van der Waals surface area contributed by atoms with Crippen LogP contribution in [0, 0.1) is 29.0 Å². The Bertz CT molecular complexity index is 3050. The van der Waals surface area contributed by atoms with Crippen LogP contribution in [-0.2, 0) is 40.9 Å². The molecule has 3 N–H and O–H groups in total. The Balaban J connectivity index is 0.000000184. The van der Waals surface area contributed by atoms with Crippen molar-refractivity contribution in [2.75, 3.05) is 53.4 Å². The molecule has 7 aliphatic rings. The molecule has 3 aliphatic heterocycles. The first kappa shape index (κ1) is 58.9. The average Bonchev–Trinajstić information content (AvgIpc) is 1.03. The molecule has 1 saturated heterocycles. The summed E-state index contributed by atoms with van der Waals surface area (Å²) < 4.78 is 55.2. The molecule has 4 atom stereocenters. The number of ketones is 1. The number of carbonyl (C=O) groups excluding carboxylic acids is 4. The number of likely N-dealkylation sites (tertiary alicyclic amines) is 1. The Morgan fingerprint density at radius 1 is 0.707 bits per heavy atom. The van der Waals surface area contributed by atoms with Crippen LogP contribution in [0.1, 0.15) is 167 Å². The number of rotatable bonds is 18. The second-order valence-corrected chi connectivity index (χ2v) is 25.0. The predicted molar refractivity (Wildman–Crippen MR) is 307 cm³/mol. The van der Waals surface area contributed by atoms with Crippen molar-refractivity contribution in [2.45, 2.75) is 133 Å². The van der Waals surface area contributed by atoms with Gasteiger partial charge in [-0.05, 0) is 204 Å². The topological polar surface area (TPSA) is 134 Å². The van der Waals surface area contributed by atoms with Gasteiger partial charge in [-0.3, -0.25) is 19.2 Å². The van der Waals surface area contributed by atoms with Crippen LogP contribution in [0.15, 0.2) is 115 Å². The lowest BCUT2D eigenvalue weighted by atomic mass is 9.49. The van der Waals surface area contributed by atoms with E-state index in [4.69, 9.17) is 0 Å². The molecule has 11 nitrogen and oxygen atoms in total. The summed E-state index contributed by atoms with van der Waals surface area (Å²) in [6, 6.07) is 30.3. The van der Waals surface area contributed by atoms with Crippen LogP contribution in [0.2, 0.25) is 0 Å². The molecule has 0 spiro atoms. The first-order valence-corrected chi connectivity index (χ1v) is 29.6. The number of carbonyl (C=O) groups is 4. The average molecular weight is 1130 g/mol. The fourth-order valence-corrected chi connectivity index (χ4v) is 15.4. The molecule has 436 valence electrons. The summed E-state index contributed by atoms with van der Waals surface area (Å²) in [5, 5.41) is 22.5. The molecule has 0 radical (unpaired) electrons. The fourth-order valence-electron chi connectivity index (χ4n) is 15.4. The number of nitrogens with zero attached hydrogens (tertiary/aromatic N) is 4. The van der Waals surface area contributed by atoms with Gasteiger partial charge in [-0.25, -0.2) is 4.39 Å². The Kier molecular flexibility index (Phi) is 17.9. The molecule has 5 aromatic carbocycles. The Morgan fingerprint density at radius 3 is 1.90 bits per heavy atom. The zero-order valence-electron chi connectivity index (χ0n) is 47.6. The summed E-state index contributed by atoms with van der Waals surface area (Å²) in [5.41, 5.74) is 3.11. The molecular weight excluding hydrogens is 1050 g/mol. The zero-order valence-corrected chi connectivity index (χ0v) is 47.6. The normalized spacial score (nSPS) is 25.8. The van der Waals surface area contributed by atoms with Crippen molar-refractivity contribution in [3.8, 4) is 0 Å². The lowest BCUT2D eigenvalue weighted by Crippen LogP contribution is -2.55. The number of hydrogen-bond acceptors (Lipinski definition) is 8. The number of hydrogen-bond donors (Lipinski definition) is 3. The standard InChI is InChI=1S/C34H36F4N2O3.C33H43N3O3/c1-33(30(42)10-7-17-39-15-5-2-6-16-39)29-9-4-3-8-28(29)32(43)40(31(33)25-13-11-23(22-41)12-14-25)21-24-18-26(34(36,37)38)20-27(35)19-24;1-35(2)13-5-12-34-31(38)29-27-6-3-4-7-28(27)32(39)36(30(29)26-10-8-22(20-37)9-11-26)21-33-17-23-14-24(18-33)16-25(15-23)19-33/h3-4,8-9,11-14,18-20,31,41H,2,5-7,10,15-17,21-22H2,1H3;3-4,6-11,23-25,29-30,37H,5,12-21H2,1-2H3,(H,34,38)/t31?,33-;23?,24?,25?,29-,30+,33?/m11/s1. The second-order valence-electron chi connectivity index (χ2n) is 25.0. The highest BCUT2D eigenvalue weighted by atomic mass is 19.4. The van der Waals surface area contributed by atoms with Crippen molar-refractivity contribution in [1.29, 1.82) is 0 Å². The van der Waals surface area contributed by atoms with Crippen LogP contribution in [0.5, 0.6) is 0 Å². The minimum atomic E-state index is -4.77.